The summed E-state index contributed by atoms with van der Waals surface area (Å²) in [5.74, 6) is -0.378. The van der Waals surface area contributed by atoms with Gasteiger partial charge in [-0.25, -0.2) is 14.4 Å². The van der Waals surface area contributed by atoms with E-state index in [4.69, 9.17) is 14.5 Å². The fourth-order valence-electron chi connectivity index (χ4n) is 5.02. The maximum absolute atomic E-state index is 14.5. The van der Waals surface area contributed by atoms with E-state index in [9.17, 15) is 14.3 Å². The van der Waals surface area contributed by atoms with Gasteiger partial charge >= 0.3 is 5.97 Å². The van der Waals surface area contributed by atoms with Gasteiger partial charge in [-0.15, -0.1) is 0 Å². The lowest BCUT2D eigenvalue weighted by Gasteiger charge is -2.28. The molecule has 0 bridgehead atoms. The Morgan fingerprint density at radius 1 is 1.25 bits per heavy atom. The first-order valence-electron chi connectivity index (χ1n) is 12.1. The molecule has 3 atom stereocenters. The summed E-state index contributed by atoms with van der Waals surface area (Å²) < 4.78 is 26.0. The summed E-state index contributed by atoms with van der Waals surface area (Å²) in [6, 6.07) is 7.58. The second kappa shape index (κ2) is 9.68. The molecule has 36 heavy (non-hydrogen) atoms. The van der Waals surface area contributed by atoms with Crippen molar-refractivity contribution in [3.8, 4) is 22.9 Å². The van der Waals surface area contributed by atoms with Crippen LogP contribution in [0.5, 0.6) is 11.6 Å². The Balaban J connectivity index is 1.44. The van der Waals surface area contributed by atoms with Crippen molar-refractivity contribution in [2.24, 2.45) is 11.8 Å². The van der Waals surface area contributed by atoms with Gasteiger partial charge in [0.15, 0.2) is 5.82 Å². The molecule has 8 heteroatoms. The summed E-state index contributed by atoms with van der Waals surface area (Å²) in [5.41, 5.74) is 3.74. The largest absolute Gasteiger partial charge is 0.484 e. The van der Waals surface area contributed by atoms with E-state index in [0.29, 0.717) is 29.4 Å². The Bertz CT molecular complexity index is 1320. The lowest BCUT2D eigenvalue weighted by atomic mass is 9.82. The van der Waals surface area contributed by atoms with Crippen molar-refractivity contribution < 1.29 is 23.8 Å². The van der Waals surface area contributed by atoms with Gasteiger partial charge in [-0.2, -0.15) is 0 Å². The third-order valence-corrected chi connectivity index (χ3v) is 7.12. The van der Waals surface area contributed by atoms with E-state index >= 15 is 0 Å². The minimum absolute atomic E-state index is 0.0320. The quantitative estimate of drug-likeness (QED) is 0.439. The van der Waals surface area contributed by atoms with Crippen LogP contribution < -0.4 is 9.47 Å². The number of nitrogens with zero attached hydrogens (tertiary/aromatic N) is 3. The Morgan fingerprint density at radius 3 is 2.75 bits per heavy atom. The van der Waals surface area contributed by atoms with Gasteiger partial charge in [0.05, 0.1) is 42.5 Å². The summed E-state index contributed by atoms with van der Waals surface area (Å²) in [4.78, 5) is 24.8. The highest BCUT2D eigenvalue weighted by Gasteiger charge is 2.39. The Kier molecular flexibility index (Phi) is 6.43. The van der Waals surface area contributed by atoms with Gasteiger partial charge in [0.25, 0.3) is 0 Å². The molecule has 1 fully saturated rings. The first-order valence-corrected chi connectivity index (χ1v) is 12.1. The molecule has 0 amide bonds. The van der Waals surface area contributed by atoms with Gasteiger partial charge in [0.1, 0.15) is 11.9 Å². The summed E-state index contributed by atoms with van der Waals surface area (Å²) in [6.07, 6.45) is 7.53. The average molecular weight is 490 g/mol. The fourth-order valence-corrected chi connectivity index (χ4v) is 5.02. The monoisotopic (exact) mass is 489 g/mol. The number of aryl methyl sites for hydroxylation is 1. The van der Waals surface area contributed by atoms with Crippen LogP contribution in [-0.4, -0.2) is 33.1 Å². The SMILES string of the molecule is C=Cc1nc(C2CCc3ccc(C(C4CC4)C(C)C(=O)O)cc3O2)cnc1-c1cc(OC)ncc1F. The van der Waals surface area contributed by atoms with Crippen molar-refractivity contribution in [3.05, 3.63) is 71.6 Å². The van der Waals surface area contributed by atoms with E-state index in [-0.39, 0.29) is 23.5 Å². The number of carboxylic acids is 1. The lowest BCUT2D eigenvalue weighted by molar-refractivity contribution is -0.142. The van der Waals surface area contributed by atoms with Gasteiger partial charge in [0, 0.05) is 11.6 Å². The van der Waals surface area contributed by atoms with E-state index in [1.54, 1.807) is 19.2 Å². The highest BCUT2D eigenvalue weighted by molar-refractivity contribution is 5.71. The number of fused-ring (bicyclic) bond motifs is 1. The molecular weight excluding hydrogens is 461 g/mol. The number of rotatable bonds is 8. The molecular formula is C28H28FN3O4. The number of carbonyl (C=O) groups is 1. The van der Waals surface area contributed by atoms with Crippen molar-refractivity contribution in [1.82, 2.24) is 15.0 Å². The first kappa shape index (κ1) is 23.9. The number of carboxylic acid groups (broad SMARTS) is 1. The molecule has 3 unspecified atom stereocenters. The molecule has 186 valence electrons. The molecule has 0 radical (unpaired) electrons. The van der Waals surface area contributed by atoms with Crippen molar-refractivity contribution in [2.45, 2.75) is 44.6 Å². The third kappa shape index (κ3) is 4.55. The minimum Gasteiger partial charge on any atom is -0.484 e. The van der Waals surface area contributed by atoms with Crippen molar-refractivity contribution in [2.75, 3.05) is 7.11 Å². The normalized spacial score (nSPS) is 18.5. The molecule has 0 saturated heterocycles. The second-order valence-electron chi connectivity index (χ2n) is 9.44. The summed E-state index contributed by atoms with van der Waals surface area (Å²) in [7, 11) is 1.46. The van der Waals surface area contributed by atoms with Crippen LogP contribution in [0.3, 0.4) is 0 Å². The number of hydrogen-bond acceptors (Lipinski definition) is 6. The summed E-state index contributed by atoms with van der Waals surface area (Å²) in [5, 5.41) is 9.63. The minimum atomic E-state index is -0.779. The standard InChI is InChI=1S/C28H28FN3O4/c1-4-21-27(19-12-25(35-3)30-13-20(19)29)31-14-22(32-21)23-10-9-16-5-8-18(11-24(16)36-23)26(17-6-7-17)15(2)28(33)34/h4-5,8,11-15,17,23,26H,1,6-7,9-10H2,2-3H3,(H,33,34). The van der Waals surface area contributed by atoms with E-state index in [0.717, 1.165) is 42.3 Å². The van der Waals surface area contributed by atoms with Crippen molar-refractivity contribution in [3.63, 3.8) is 0 Å². The van der Waals surface area contributed by atoms with Crippen LogP contribution in [-0.2, 0) is 11.2 Å². The number of halogens is 1. The number of benzene rings is 1. The average Bonchev–Trinajstić information content (AvgIpc) is 3.73. The van der Waals surface area contributed by atoms with Gasteiger partial charge in [-0.05, 0) is 60.8 Å². The van der Waals surface area contributed by atoms with Gasteiger partial charge < -0.3 is 14.6 Å². The van der Waals surface area contributed by atoms with Gasteiger partial charge in [0.2, 0.25) is 5.88 Å². The van der Waals surface area contributed by atoms with E-state index < -0.39 is 17.7 Å². The maximum Gasteiger partial charge on any atom is 0.306 e. The predicted octanol–water partition coefficient (Wildman–Crippen LogP) is 5.61. The van der Waals surface area contributed by atoms with Crippen LogP contribution in [0.25, 0.3) is 17.3 Å². The third-order valence-electron chi connectivity index (χ3n) is 7.12. The maximum atomic E-state index is 14.5. The van der Waals surface area contributed by atoms with Gasteiger partial charge in [-0.1, -0.05) is 25.6 Å². The van der Waals surface area contributed by atoms with Gasteiger partial charge in [-0.3, -0.25) is 9.78 Å². The molecule has 7 nitrogen and oxygen atoms in total. The van der Waals surface area contributed by atoms with Crippen molar-refractivity contribution >= 4 is 12.0 Å². The van der Waals surface area contributed by atoms with Crippen LogP contribution in [0, 0.1) is 17.7 Å². The molecule has 2 aromatic heterocycles. The summed E-state index contributed by atoms with van der Waals surface area (Å²) >= 11 is 0. The number of pyridine rings is 1. The van der Waals surface area contributed by atoms with Crippen LogP contribution in [0.4, 0.5) is 4.39 Å². The molecule has 1 aromatic carbocycles. The van der Waals surface area contributed by atoms with E-state index in [1.807, 2.05) is 18.2 Å². The molecule has 3 heterocycles. The number of aromatic nitrogens is 3. The summed E-state index contributed by atoms with van der Waals surface area (Å²) in [6.45, 7) is 5.62. The zero-order valence-electron chi connectivity index (χ0n) is 20.3. The molecule has 1 aliphatic heterocycles. The number of hydrogen-bond donors (Lipinski definition) is 1. The zero-order chi connectivity index (χ0) is 25.4. The van der Waals surface area contributed by atoms with Crippen molar-refractivity contribution in [1.29, 1.82) is 0 Å². The zero-order valence-corrected chi connectivity index (χ0v) is 20.3. The van der Waals surface area contributed by atoms with E-state index in [2.05, 4.69) is 16.5 Å². The topological polar surface area (TPSA) is 94.4 Å². The van der Waals surface area contributed by atoms with Crippen LogP contribution in [0.15, 0.2) is 43.2 Å². The number of methoxy groups -OCH3 is 1. The van der Waals surface area contributed by atoms with E-state index in [1.165, 1.54) is 13.2 Å². The Labute approximate surface area is 209 Å². The predicted molar refractivity (Wildman–Crippen MR) is 132 cm³/mol. The fraction of sp³-hybridized carbons (Fsp3) is 0.357. The molecule has 1 saturated carbocycles. The molecule has 1 aliphatic carbocycles. The molecule has 5 rings (SSSR count). The van der Waals surface area contributed by atoms with Crippen LogP contribution in [0.1, 0.15) is 60.7 Å². The second-order valence-corrected chi connectivity index (χ2v) is 9.44. The lowest BCUT2D eigenvalue weighted by Crippen LogP contribution is -2.22. The highest BCUT2D eigenvalue weighted by Crippen LogP contribution is 2.48. The first-order chi connectivity index (χ1) is 17.4. The Morgan fingerprint density at radius 2 is 2.06 bits per heavy atom. The smallest absolute Gasteiger partial charge is 0.306 e. The number of aliphatic carboxylic acids is 1. The molecule has 3 aromatic rings. The number of ether oxygens (including phenoxy) is 2. The Hall–Kier alpha value is -3.81. The molecule has 1 N–H and O–H groups in total. The van der Waals surface area contributed by atoms with Crippen LogP contribution in [0.2, 0.25) is 0 Å². The van der Waals surface area contributed by atoms with Crippen LogP contribution >= 0.6 is 0 Å². The highest BCUT2D eigenvalue weighted by atomic mass is 19.1. The molecule has 0 spiro atoms. The molecule has 2 aliphatic rings.